The lowest BCUT2D eigenvalue weighted by atomic mass is 10.1. The van der Waals surface area contributed by atoms with Gasteiger partial charge in [-0.2, -0.15) is 0 Å². The van der Waals surface area contributed by atoms with Crippen LogP contribution in [0.3, 0.4) is 0 Å². The van der Waals surface area contributed by atoms with Gasteiger partial charge in [-0.15, -0.1) is 0 Å². The Bertz CT molecular complexity index is 411. The zero-order valence-corrected chi connectivity index (χ0v) is 13.4. The highest BCUT2D eigenvalue weighted by atomic mass is 16.5. The molecule has 1 aromatic rings. The van der Waals surface area contributed by atoms with Crippen LogP contribution in [0.4, 0.5) is 5.82 Å². The Labute approximate surface area is 122 Å². The quantitative estimate of drug-likeness (QED) is 0.846. The minimum atomic E-state index is 0.365. The molecule has 0 unspecified atom stereocenters. The average Bonchev–Trinajstić information content (AvgIpc) is 2.46. The van der Waals surface area contributed by atoms with Crippen molar-refractivity contribution in [1.29, 1.82) is 0 Å². The predicted molar refractivity (Wildman–Crippen MR) is 82.5 cm³/mol. The summed E-state index contributed by atoms with van der Waals surface area (Å²) in [6.07, 6.45) is 2.56. The van der Waals surface area contributed by atoms with Crippen LogP contribution in [0.15, 0.2) is 6.07 Å². The number of hydrogen-bond donors (Lipinski definition) is 0. The summed E-state index contributed by atoms with van der Waals surface area (Å²) in [5.41, 5.74) is 1.15. The molecule has 1 aliphatic heterocycles. The molecule has 1 saturated heterocycles. The average molecular weight is 277 g/mol. The van der Waals surface area contributed by atoms with Gasteiger partial charge in [0.15, 0.2) is 0 Å². The SMILES string of the molecule is COC1CCN(c2cc(C(C)C)nc(C(C)C)n2)CC1. The van der Waals surface area contributed by atoms with Gasteiger partial charge in [0.1, 0.15) is 11.6 Å². The Morgan fingerprint density at radius 1 is 1.10 bits per heavy atom. The van der Waals surface area contributed by atoms with E-state index >= 15 is 0 Å². The van der Waals surface area contributed by atoms with Gasteiger partial charge in [0.05, 0.1) is 6.10 Å². The van der Waals surface area contributed by atoms with Crippen LogP contribution in [-0.4, -0.2) is 36.3 Å². The molecule has 1 fully saturated rings. The molecule has 0 aromatic carbocycles. The van der Waals surface area contributed by atoms with E-state index in [0.717, 1.165) is 43.3 Å². The molecule has 0 saturated carbocycles. The molecule has 4 heteroatoms. The monoisotopic (exact) mass is 277 g/mol. The van der Waals surface area contributed by atoms with Crippen molar-refractivity contribution in [1.82, 2.24) is 9.97 Å². The Hall–Kier alpha value is -1.16. The van der Waals surface area contributed by atoms with Crippen molar-refractivity contribution in [2.45, 2.75) is 58.5 Å². The molecular weight excluding hydrogens is 250 g/mol. The van der Waals surface area contributed by atoms with Gasteiger partial charge in [0, 0.05) is 37.9 Å². The smallest absolute Gasteiger partial charge is 0.133 e. The number of rotatable bonds is 4. The summed E-state index contributed by atoms with van der Waals surface area (Å²) in [6, 6.07) is 2.16. The van der Waals surface area contributed by atoms with Crippen LogP contribution in [0, 0.1) is 0 Å². The molecule has 20 heavy (non-hydrogen) atoms. The molecular formula is C16H27N3O. The van der Waals surface area contributed by atoms with Crippen LogP contribution in [0.2, 0.25) is 0 Å². The summed E-state index contributed by atoms with van der Waals surface area (Å²) in [6.45, 7) is 10.7. The van der Waals surface area contributed by atoms with Crippen LogP contribution < -0.4 is 4.90 Å². The molecule has 0 radical (unpaired) electrons. The van der Waals surface area contributed by atoms with E-state index in [1.165, 1.54) is 0 Å². The van der Waals surface area contributed by atoms with Gasteiger partial charge in [0.25, 0.3) is 0 Å². The van der Waals surface area contributed by atoms with E-state index in [4.69, 9.17) is 14.7 Å². The number of methoxy groups -OCH3 is 1. The van der Waals surface area contributed by atoms with Crippen molar-refractivity contribution in [3.8, 4) is 0 Å². The van der Waals surface area contributed by atoms with Gasteiger partial charge in [-0.1, -0.05) is 27.7 Å². The summed E-state index contributed by atoms with van der Waals surface area (Å²) in [4.78, 5) is 11.8. The van der Waals surface area contributed by atoms with Crippen molar-refractivity contribution in [3.63, 3.8) is 0 Å². The van der Waals surface area contributed by atoms with Crippen molar-refractivity contribution in [2.75, 3.05) is 25.1 Å². The number of aromatic nitrogens is 2. The van der Waals surface area contributed by atoms with Gasteiger partial charge in [-0.25, -0.2) is 9.97 Å². The molecule has 0 N–H and O–H groups in total. The van der Waals surface area contributed by atoms with Crippen molar-refractivity contribution >= 4 is 5.82 Å². The second kappa shape index (κ2) is 6.53. The van der Waals surface area contributed by atoms with Crippen LogP contribution in [0.25, 0.3) is 0 Å². The lowest BCUT2D eigenvalue weighted by molar-refractivity contribution is 0.0818. The number of ether oxygens (including phenoxy) is 1. The van der Waals surface area contributed by atoms with E-state index in [0.29, 0.717) is 17.9 Å². The lowest BCUT2D eigenvalue weighted by Crippen LogP contribution is -2.37. The first-order valence-corrected chi connectivity index (χ1v) is 7.68. The zero-order valence-electron chi connectivity index (χ0n) is 13.4. The van der Waals surface area contributed by atoms with Crippen LogP contribution >= 0.6 is 0 Å². The van der Waals surface area contributed by atoms with E-state index in [1.807, 2.05) is 0 Å². The maximum atomic E-state index is 5.44. The highest BCUT2D eigenvalue weighted by molar-refractivity contribution is 5.41. The first kappa shape index (κ1) is 15.2. The van der Waals surface area contributed by atoms with E-state index in [9.17, 15) is 0 Å². The van der Waals surface area contributed by atoms with E-state index < -0.39 is 0 Å². The van der Waals surface area contributed by atoms with Crippen molar-refractivity contribution in [3.05, 3.63) is 17.6 Å². The van der Waals surface area contributed by atoms with Crippen LogP contribution in [0.1, 0.15) is 63.9 Å². The molecule has 0 bridgehead atoms. The zero-order chi connectivity index (χ0) is 14.7. The normalized spacial score (nSPS) is 17.2. The summed E-state index contributed by atoms with van der Waals surface area (Å²) in [5, 5.41) is 0. The van der Waals surface area contributed by atoms with Gasteiger partial charge in [-0.05, 0) is 18.8 Å². The fourth-order valence-corrected chi connectivity index (χ4v) is 2.51. The minimum Gasteiger partial charge on any atom is -0.381 e. The first-order valence-electron chi connectivity index (χ1n) is 7.68. The second-order valence-electron chi connectivity index (χ2n) is 6.24. The molecule has 2 rings (SSSR count). The van der Waals surface area contributed by atoms with Gasteiger partial charge < -0.3 is 9.64 Å². The predicted octanol–water partition coefficient (Wildman–Crippen LogP) is 3.34. The van der Waals surface area contributed by atoms with Crippen LogP contribution in [0.5, 0.6) is 0 Å². The third kappa shape index (κ3) is 3.48. The molecule has 1 aliphatic rings. The standard InChI is InChI=1S/C16H27N3O/c1-11(2)14-10-15(18-16(17-14)12(3)4)19-8-6-13(20-5)7-9-19/h10-13H,6-9H2,1-5H3. The molecule has 112 valence electrons. The second-order valence-corrected chi connectivity index (χ2v) is 6.24. The summed E-state index contributed by atoms with van der Waals surface area (Å²) < 4.78 is 5.44. The third-order valence-corrected chi connectivity index (χ3v) is 3.96. The van der Waals surface area contributed by atoms with Crippen molar-refractivity contribution < 1.29 is 4.74 Å². The molecule has 4 nitrogen and oxygen atoms in total. The third-order valence-electron chi connectivity index (χ3n) is 3.96. The molecule has 0 atom stereocenters. The maximum Gasteiger partial charge on any atom is 0.133 e. The first-order chi connectivity index (χ1) is 9.51. The number of piperidine rings is 1. The molecule has 1 aromatic heterocycles. The maximum absolute atomic E-state index is 5.44. The van der Waals surface area contributed by atoms with E-state index in [2.05, 4.69) is 38.7 Å². The van der Waals surface area contributed by atoms with Crippen LogP contribution in [-0.2, 0) is 4.74 Å². The largest absolute Gasteiger partial charge is 0.381 e. The molecule has 0 aliphatic carbocycles. The molecule has 0 spiro atoms. The molecule has 2 heterocycles. The number of anilines is 1. The highest BCUT2D eigenvalue weighted by Crippen LogP contribution is 2.24. The van der Waals surface area contributed by atoms with E-state index in [1.54, 1.807) is 7.11 Å². The van der Waals surface area contributed by atoms with Gasteiger partial charge in [0.2, 0.25) is 0 Å². The minimum absolute atomic E-state index is 0.365. The topological polar surface area (TPSA) is 38.2 Å². The summed E-state index contributed by atoms with van der Waals surface area (Å²) >= 11 is 0. The number of hydrogen-bond acceptors (Lipinski definition) is 4. The molecule has 0 amide bonds. The Morgan fingerprint density at radius 2 is 1.75 bits per heavy atom. The summed E-state index contributed by atoms with van der Waals surface area (Å²) in [5.74, 6) is 2.84. The van der Waals surface area contributed by atoms with Crippen molar-refractivity contribution in [2.24, 2.45) is 0 Å². The van der Waals surface area contributed by atoms with E-state index in [-0.39, 0.29) is 0 Å². The summed E-state index contributed by atoms with van der Waals surface area (Å²) in [7, 11) is 1.80. The number of nitrogens with zero attached hydrogens (tertiary/aromatic N) is 3. The fourth-order valence-electron chi connectivity index (χ4n) is 2.51. The Balaban J connectivity index is 2.22. The Kier molecular flexibility index (Phi) is 4.97. The Morgan fingerprint density at radius 3 is 2.25 bits per heavy atom. The lowest BCUT2D eigenvalue weighted by Gasteiger charge is -2.32. The van der Waals surface area contributed by atoms with Gasteiger partial charge >= 0.3 is 0 Å². The fraction of sp³-hybridized carbons (Fsp3) is 0.750. The van der Waals surface area contributed by atoms with Gasteiger partial charge in [-0.3, -0.25) is 0 Å². The highest BCUT2D eigenvalue weighted by Gasteiger charge is 2.21.